The van der Waals surface area contributed by atoms with Gasteiger partial charge in [-0.05, 0) is 84.2 Å². The van der Waals surface area contributed by atoms with E-state index in [0.717, 1.165) is 64.1 Å². The van der Waals surface area contributed by atoms with Crippen LogP contribution in [0.4, 0.5) is 0 Å². The zero-order chi connectivity index (χ0) is 34.1. The zero-order valence-electron chi connectivity index (χ0n) is 28.3. The summed E-state index contributed by atoms with van der Waals surface area (Å²) in [6.07, 6.45) is 9.20. The maximum Gasteiger partial charge on any atom is 0.249 e. The lowest BCUT2D eigenvalue weighted by molar-refractivity contribution is -0.152. The van der Waals surface area contributed by atoms with Crippen LogP contribution in [0.2, 0.25) is 0 Å². The van der Waals surface area contributed by atoms with Crippen molar-refractivity contribution in [2.75, 3.05) is 26.9 Å². The summed E-state index contributed by atoms with van der Waals surface area (Å²) in [5.74, 6) is 1.45. The van der Waals surface area contributed by atoms with Crippen LogP contribution in [0.3, 0.4) is 0 Å². The van der Waals surface area contributed by atoms with Gasteiger partial charge in [0, 0.05) is 30.1 Å². The van der Waals surface area contributed by atoms with Crippen LogP contribution < -0.4 is 14.8 Å². The number of methoxy groups -OCH3 is 1. The lowest BCUT2D eigenvalue weighted by Gasteiger charge is -2.44. The molecule has 4 rings (SSSR count). The number of halogens is 1. The molecule has 0 heterocycles. The highest BCUT2D eigenvalue weighted by Crippen LogP contribution is 2.39. The first-order valence-corrected chi connectivity index (χ1v) is 18.4. The van der Waals surface area contributed by atoms with Gasteiger partial charge in [0.2, 0.25) is 11.8 Å². The summed E-state index contributed by atoms with van der Waals surface area (Å²) in [5.41, 5.74) is 0.781. The van der Waals surface area contributed by atoms with E-state index in [1.54, 1.807) is 18.2 Å². The van der Waals surface area contributed by atoms with Crippen molar-refractivity contribution in [2.24, 2.45) is 17.8 Å². The average molecular weight is 769 g/mol. The molecule has 1 aromatic rings. The second kappa shape index (κ2) is 18.0. The number of hydrogen-bond acceptors (Lipinski definition) is 8. The monoisotopic (exact) mass is 768 g/mol. The zero-order valence-corrected chi connectivity index (χ0v) is 30.4. The maximum atomic E-state index is 14.4. The highest BCUT2D eigenvalue weighted by Gasteiger charge is 2.44. The van der Waals surface area contributed by atoms with Gasteiger partial charge in [0.1, 0.15) is 25.1 Å². The number of aliphatic hydroxyl groups is 2. The third kappa shape index (κ3) is 9.70. The number of amides is 2. The molecule has 6 unspecified atom stereocenters. The van der Waals surface area contributed by atoms with E-state index < -0.39 is 18.2 Å². The molecular weight excluding hydrogens is 715 g/mol. The van der Waals surface area contributed by atoms with Gasteiger partial charge in [-0.1, -0.05) is 52.9 Å². The number of benzene rings is 1. The minimum Gasteiger partial charge on any atom is -0.493 e. The molecule has 47 heavy (non-hydrogen) atoms. The molecule has 1 aromatic carbocycles. The summed E-state index contributed by atoms with van der Waals surface area (Å²) in [5, 5.41) is 24.1. The first-order valence-electron chi connectivity index (χ1n) is 17.3. The molecule has 3 N–H and O–H groups in total. The summed E-state index contributed by atoms with van der Waals surface area (Å²) in [6.45, 7) is 6.44. The number of ether oxygens (including phenoxy) is 3. The quantitative estimate of drug-likeness (QED) is 0.144. The predicted octanol–water partition coefficient (Wildman–Crippen LogP) is 5.06. The van der Waals surface area contributed by atoms with E-state index in [1.807, 2.05) is 4.90 Å². The second-order valence-corrected chi connectivity index (χ2v) is 15.0. The molecule has 0 aromatic heterocycles. The van der Waals surface area contributed by atoms with Gasteiger partial charge in [-0.15, -0.1) is 0 Å². The van der Waals surface area contributed by atoms with Gasteiger partial charge >= 0.3 is 0 Å². The minimum atomic E-state index is -1.17. The Morgan fingerprint density at radius 3 is 2.49 bits per heavy atom. The fourth-order valence-corrected chi connectivity index (χ4v) is 8.31. The highest BCUT2D eigenvalue weighted by atomic mass is 127. The fraction of sp³-hybridized carbons (Fsp3) is 0.694. The van der Waals surface area contributed by atoms with Crippen LogP contribution in [0.1, 0.15) is 95.3 Å². The number of aliphatic hydroxyl groups excluding tert-OH is 2. The van der Waals surface area contributed by atoms with E-state index in [2.05, 4.69) is 48.7 Å². The van der Waals surface area contributed by atoms with E-state index in [-0.39, 0.29) is 50.1 Å². The Morgan fingerprint density at radius 2 is 1.85 bits per heavy atom. The number of hydrogen-bond donors (Lipinski definition) is 3. The molecule has 6 atom stereocenters. The normalized spacial score (nSPS) is 27.0. The number of carbonyl (C=O) groups excluding carboxylic acids is 3. The fourth-order valence-electron chi connectivity index (χ4n) is 7.56. The lowest BCUT2D eigenvalue weighted by Crippen LogP contribution is -2.59. The Hall–Kier alpha value is -2.22. The second-order valence-electron chi connectivity index (χ2n) is 13.8. The third-order valence-electron chi connectivity index (χ3n) is 10.1. The Kier molecular flexibility index (Phi) is 14.4. The summed E-state index contributed by atoms with van der Waals surface area (Å²) >= 11 is 2.05. The molecule has 10 nitrogen and oxygen atoms in total. The Labute approximate surface area is 293 Å². The first-order chi connectivity index (χ1) is 22.6. The molecule has 0 aliphatic heterocycles. The molecule has 11 heteroatoms. The largest absolute Gasteiger partial charge is 0.493 e. The van der Waals surface area contributed by atoms with Gasteiger partial charge in [-0.2, -0.15) is 0 Å². The van der Waals surface area contributed by atoms with E-state index in [1.165, 1.54) is 7.11 Å². The van der Waals surface area contributed by atoms with Crippen molar-refractivity contribution in [3.05, 3.63) is 32.9 Å². The van der Waals surface area contributed by atoms with Crippen LogP contribution in [-0.2, 0) is 14.3 Å². The van der Waals surface area contributed by atoms with Crippen LogP contribution in [0.5, 0.6) is 11.5 Å². The number of aldehydes is 1. The number of nitrogens with one attached hydrogen (secondary N) is 1. The molecule has 0 radical (unpaired) electrons. The maximum absolute atomic E-state index is 14.4. The van der Waals surface area contributed by atoms with Crippen LogP contribution in [0.15, 0.2) is 23.8 Å². The van der Waals surface area contributed by atoms with Crippen molar-refractivity contribution < 1.29 is 38.8 Å². The van der Waals surface area contributed by atoms with Crippen molar-refractivity contribution >= 4 is 40.7 Å². The highest BCUT2D eigenvalue weighted by molar-refractivity contribution is 14.1. The van der Waals surface area contributed by atoms with Crippen molar-refractivity contribution in [1.29, 1.82) is 0 Å². The minimum absolute atomic E-state index is 0.00496. The molecule has 2 saturated carbocycles. The van der Waals surface area contributed by atoms with Gasteiger partial charge in [0.15, 0.2) is 11.5 Å². The van der Waals surface area contributed by atoms with E-state index in [9.17, 15) is 24.6 Å². The molecule has 0 bridgehead atoms. The molecule has 2 fully saturated rings. The standard InChI is InChI=1S/C36H53IN2O8/c1-22(2)27-12-11-23(3)15-30(27)46-21-33(42)39(26-9-7-5-6-8-10-26)29-18-25(36(44)38-13-14-40)19-31(34(29)43)47-35-28(37)16-24(20-41)17-32(35)45-4/h16-17,19-20,22-23,26-27,29-31,34,40,43H,5-15,18,21H2,1-4H3,(H,38,44). The van der Waals surface area contributed by atoms with Crippen LogP contribution in [-0.4, -0.2) is 90.5 Å². The molecule has 0 saturated heterocycles. The van der Waals surface area contributed by atoms with Crippen LogP contribution in [0.25, 0.3) is 0 Å². The van der Waals surface area contributed by atoms with Gasteiger partial charge in [0.05, 0.1) is 29.4 Å². The van der Waals surface area contributed by atoms with E-state index in [0.29, 0.717) is 44.0 Å². The molecule has 0 spiro atoms. The molecule has 262 valence electrons. The lowest BCUT2D eigenvalue weighted by atomic mass is 9.75. The van der Waals surface area contributed by atoms with E-state index >= 15 is 0 Å². The molecular formula is C36H53IN2O8. The summed E-state index contributed by atoms with van der Waals surface area (Å²) in [4.78, 5) is 41.0. The summed E-state index contributed by atoms with van der Waals surface area (Å²) in [6, 6.07) is 2.36. The number of rotatable bonds is 13. The molecule has 3 aliphatic carbocycles. The summed E-state index contributed by atoms with van der Waals surface area (Å²) < 4.78 is 19.0. The smallest absolute Gasteiger partial charge is 0.249 e. The van der Waals surface area contributed by atoms with Gasteiger partial charge in [-0.3, -0.25) is 14.4 Å². The predicted molar refractivity (Wildman–Crippen MR) is 188 cm³/mol. The Morgan fingerprint density at radius 1 is 1.13 bits per heavy atom. The van der Waals surface area contributed by atoms with Crippen LogP contribution >= 0.6 is 22.6 Å². The SMILES string of the molecule is COc1cc(C=O)cc(I)c1OC1C=C(C(=O)NCCO)CC(N(C(=O)COC2CC(C)CCC2C(C)C)C2CCCCCC2)C1O. The van der Waals surface area contributed by atoms with E-state index in [4.69, 9.17) is 14.2 Å². The van der Waals surface area contributed by atoms with Crippen molar-refractivity contribution in [3.8, 4) is 11.5 Å². The average Bonchev–Trinajstić information content (AvgIpc) is 3.34. The van der Waals surface area contributed by atoms with Crippen LogP contribution in [0, 0.1) is 21.3 Å². The molecule has 2 amide bonds. The van der Waals surface area contributed by atoms with Crippen molar-refractivity contribution in [1.82, 2.24) is 10.2 Å². The Bertz CT molecular complexity index is 1250. The number of carbonyl (C=O) groups is 3. The van der Waals surface area contributed by atoms with Gasteiger partial charge in [0.25, 0.3) is 0 Å². The Balaban J connectivity index is 1.68. The van der Waals surface area contributed by atoms with Gasteiger partial charge < -0.3 is 34.6 Å². The molecule has 3 aliphatic rings. The van der Waals surface area contributed by atoms with Gasteiger partial charge in [-0.25, -0.2) is 0 Å². The van der Waals surface area contributed by atoms with Crippen molar-refractivity contribution in [2.45, 2.75) is 115 Å². The first kappa shape index (κ1) is 37.6. The third-order valence-corrected chi connectivity index (χ3v) is 10.9. The number of nitrogens with zero attached hydrogens (tertiary/aromatic N) is 1. The van der Waals surface area contributed by atoms with Crippen molar-refractivity contribution in [3.63, 3.8) is 0 Å². The summed E-state index contributed by atoms with van der Waals surface area (Å²) in [7, 11) is 1.47. The topological polar surface area (TPSA) is 135 Å².